The normalized spacial score (nSPS) is 22.1. The van der Waals surface area contributed by atoms with Gasteiger partial charge in [0, 0.05) is 18.9 Å². The molecule has 2 atom stereocenters. The first-order chi connectivity index (χ1) is 7.67. The van der Waals surface area contributed by atoms with Gasteiger partial charge in [0.2, 0.25) is 11.8 Å². The average molecular weight is 226 g/mol. The van der Waals surface area contributed by atoms with Gasteiger partial charge in [-0.05, 0) is 19.3 Å². The van der Waals surface area contributed by atoms with Gasteiger partial charge in [-0.25, -0.2) is 0 Å². The Balaban J connectivity index is 2.45. The van der Waals surface area contributed by atoms with Gasteiger partial charge in [0.1, 0.15) is 6.29 Å². The molecule has 0 aromatic carbocycles. The van der Waals surface area contributed by atoms with Crippen LogP contribution in [0.3, 0.4) is 0 Å². The van der Waals surface area contributed by atoms with Crippen LogP contribution in [-0.2, 0) is 14.4 Å². The highest BCUT2D eigenvalue weighted by Gasteiger charge is 2.25. The van der Waals surface area contributed by atoms with E-state index in [-0.39, 0.29) is 17.7 Å². The summed E-state index contributed by atoms with van der Waals surface area (Å²) in [5.41, 5.74) is 0. The summed E-state index contributed by atoms with van der Waals surface area (Å²) in [5, 5.41) is 5.36. The van der Waals surface area contributed by atoms with E-state index in [2.05, 4.69) is 10.6 Å². The van der Waals surface area contributed by atoms with Crippen molar-refractivity contribution < 1.29 is 14.4 Å². The van der Waals surface area contributed by atoms with Crippen LogP contribution in [0.2, 0.25) is 0 Å². The van der Waals surface area contributed by atoms with Gasteiger partial charge < -0.3 is 15.4 Å². The molecule has 0 aliphatic carbocycles. The molecule has 1 unspecified atom stereocenters. The van der Waals surface area contributed by atoms with Crippen LogP contribution in [-0.4, -0.2) is 30.7 Å². The van der Waals surface area contributed by atoms with E-state index in [0.717, 1.165) is 12.8 Å². The van der Waals surface area contributed by atoms with Crippen LogP contribution in [0, 0.1) is 5.92 Å². The van der Waals surface area contributed by atoms with Crippen molar-refractivity contribution in [2.75, 3.05) is 6.54 Å². The SMILES string of the molecule is CCC(=O)N[C@H](C=O)CC1CCCNC1=O. The number of rotatable bonds is 5. The first-order valence-electron chi connectivity index (χ1n) is 5.69. The second kappa shape index (κ2) is 6.25. The first kappa shape index (κ1) is 12.7. The molecule has 16 heavy (non-hydrogen) atoms. The van der Waals surface area contributed by atoms with Crippen LogP contribution in [0.5, 0.6) is 0 Å². The molecular weight excluding hydrogens is 208 g/mol. The number of nitrogens with one attached hydrogen (secondary N) is 2. The molecular formula is C11H18N2O3. The highest BCUT2D eigenvalue weighted by atomic mass is 16.2. The van der Waals surface area contributed by atoms with Gasteiger partial charge in [-0.1, -0.05) is 6.92 Å². The Labute approximate surface area is 95.0 Å². The van der Waals surface area contributed by atoms with E-state index in [9.17, 15) is 14.4 Å². The maximum atomic E-state index is 11.5. The Hall–Kier alpha value is -1.39. The van der Waals surface area contributed by atoms with Crippen LogP contribution in [0.25, 0.3) is 0 Å². The zero-order valence-corrected chi connectivity index (χ0v) is 9.49. The number of carbonyl (C=O) groups is 3. The molecule has 2 amide bonds. The van der Waals surface area contributed by atoms with Gasteiger partial charge in [-0.2, -0.15) is 0 Å². The molecule has 1 aliphatic rings. The van der Waals surface area contributed by atoms with Crippen molar-refractivity contribution in [1.29, 1.82) is 0 Å². The number of carbonyl (C=O) groups excluding carboxylic acids is 3. The predicted octanol–water partition coefficient (Wildman–Crippen LogP) is -0.00360. The molecule has 1 aliphatic heterocycles. The molecule has 0 saturated carbocycles. The van der Waals surface area contributed by atoms with Crippen LogP contribution >= 0.6 is 0 Å². The second-order valence-electron chi connectivity index (χ2n) is 4.03. The lowest BCUT2D eigenvalue weighted by atomic mass is 9.92. The van der Waals surface area contributed by atoms with Crippen molar-refractivity contribution in [3.63, 3.8) is 0 Å². The number of hydrogen-bond acceptors (Lipinski definition) is 3. The lowest BCUT2D eigenvalue weighted by Crippen LogP contribution is -2.43. The quantitative estimate of drug-likeness (QED) is 0.648. The fourth-order valence-corrected chi connectivity index (χ4v) is 1.82. The highest BCUT2D eigenvalue weighted by Crippen LogP contribution is 2.16. The third-order valence-electron chi connectivity index (χ3n) is 2.77. The van der Waals surface area contributed by atoms with E-state index in [0.29, 0.717) is 25.7 Å². The molecule has 1 heterocycles. The predicted molar refractivity (Wildman–Crippen MR) is 58.6 cm³/mol. The minimum Gasteiger partial charge on any atom is -0.356 e. The molecule has 0 radical (unpaired) electrons. The van der Waals surface area contributed by atoms with Crippen molar-refractivity contribution in [2.24, 2.45) is 5.92 Å². The highest BCUT2D eigenvalue weighted by molar-refractivity contribution is 5.81. The number of amides is 2. The van der Waals surface area contributed by atoms with Crippen LogP contribution in [0.1, 0.15) is 32.6 Å². The second-order valence-corrected chi connectivity index (χ2v) is 4.03. The van der Waals surface area contributed by atoms with Crippen molar-refractivity contribution in [2.45, 2.75) is 38.6 Å². The van der Waals surface area contributed by atoms with E-state index in [1.807, 2.05) is 0 Å². The molecule has 5 nitrogen and oxygen atoms in total. The van der Waals surface area contributed by atoms with Gasteiger partial charge in [0.05, 0.1) is 6.04 Å². The van der Waals surface area contributed by atoms with Gasteiger partial charge in [-0.15, -0.1) is 0 Å². The molecule has 5 heteroatoms. The van der Waals surface area contributed by atoms with Crippen molar-refractivity contribution in [3.8, 4) is 0 Å². The Morgan fingerprint density at radius 3 is 3.00 bits per heavy atom. The summed E-state index contributed by atoms with van der Waals surface area (Å²) in [4.78, 5) is 33.4. The minimum absolute atomic E-state index is 0.0103. The fraction of sp³-hybridized carbons (Fsp3) is 0.727. The average Bonchev–Trinajstić information content (AvgIpc) is 2.30. The van der Waals surface area contributed by atoms with E-state index in [1.54, 1.807) is 6.92 Å². The van der Waals surface area contributed by atoms with Crippen molar-refractivity contribution in [1.82, 2.24) is 10.6 Å². The Morgan fingerprint density at radius 2 is 2.44 bits per heavy atom. The standard InChI is InChI=1S/C11H18N2O3/c1-2-10(15)13-9(7-14)6-8-4-3-5-12-11(8)16/h7-9H,2-6H2,1H3,(H,12,16)(H,13,15)/t8?,9-/m0/s1. The third kappa shape index (κ3) is 3.64. The van der Waals surface area contributed by atoms with Gasteiger partial charge >= 0.3 is 0 Å². The van der Waals surface area contributed by atoms with Crippen molar-refractivity contribution >= 4 is 18.1 Å². The minimum atomic E-state index is -0.540. The zero-order valence-electron chi connectivity index (χ0n) is 9.49. The smallest absolute Gasteiger partial charge is 0.223 e. The summed E-state index contributed by atoms with van der Waals surface area (Å²) in [6.45, 7) is 2.44. The van der Waals surface area contributed by atoms with Crippen LogP contribution < -0.4 is 10.6 Å². The maximum absolute atomic E-state index is 11.5. The third-order valence-corrected chi connectivity index (χ3v) is 2.77. The summed E-state index contributed by atoms with van der Waals surface area (Å²) in [6, 6.07) is -0.540. The van der Waals surface area contributed by atoms with Gasteiger partial charge in [-0.3, -0.25) is 9.59 Å². The number of piperidine rings is 1. The molecule has 90 valence electrons. The maximum Gasteiger partial charge on any atom is 0.223 e. The molecule has 0 spiro atoms. The van der Waals surface area contributed by atoms with Crippen LogP contribution in [0.4, 0.5) is 0 Å². The lowest BCUT2D eigenvalue weighted by Gasteiger charge is -2.24. The number of hydrogen-bond donors (Lipinski definition) is 2. The largest absolute Gasteiger partial charge is 0.356 e. The van der Waals surface area contributed by atoms with E-state index in [1.165, 1.54) is 0 Å². The Kier molecular flexibility index (Phi) is 4.95. The van der Waals surface area contributed by atoms with Gasteiger partial charge in [0.15, 0.2) is 0 Å². The molecule has 1 saturated heterocycles. The fourth-order valence-electron chi connectivity index (χ4n) is 1.82. The van der Waals surface area contributed by atoms with E-state index >= 15 is 0 Å². The Morgan fingerprint density at radius 1 is 1.69 bits per heavy atom. The summed E-state index contributed by atoms with van der Waals surface area (Å²) in [7, 11) is 0. The van der Waals surface area contributed by atoms with Crippen molar-refractivity contribution in [3.05, 3.63) is 0 Å². The van der Waals surface area contributed by atoms with E-state index < -0.39 is 6.04 Å². The number of aldehydes is 1. The molecule has 2 N–H and O–H groups in total. The monoisotopic (exact) mass is 226 g/mol. The van der Waals surface area contributed by atoms with E-state index in [4.69, 9.17) is 0 Å². The summed E-state index contributed by atoms with van der Waals surface area (Å²) in [6.07, 6.45) is 3.18. The molecule has 0 bridgehead atoms. The van der Waals surface area contributed by atoms with Gasteiger partial charge in [0.25, 0.3) is 0 Å². The Bertz CT molecular complexity index is 278. The first-order valence-corrected chi connectivity index (χ1v) is 5.69. The molecule has 1 fully saturated rings. The zero-order chi connectivity index (χ0) is 12.0. The summed E-state index contributed by atoms with van der Waals surface area (Å²) < 4.78 is 0. The topological polar surface area (TPSA) is 75.3 Å². The molecule has 0 aromatic heterocycles. The van der Waals surface area contributed by atoms with Crippen LogP contribution in [0.15, 0.2) is 0 Å². The summed E-state index contributed by atoms with van der Waals surface area (Å²) >= 11 is 0. The molecule has 0 aromatic rings. The summed E-state index contributed by atoms with van der Waals surface area (Å²) in [5.74, 6) is -0.321. The lowest BCUT2D eigenvalue weighted by molar-refractivity contribution is -0.128. The molecule has 1 rings (SSSR count).